The lowest BCUT2D eigenvalue weighted by Gasteiger charge is -2.26. The van der Waals surface area contributed by atoms with E-state index in [2.05, 4.69) is 32.3 Å². The maximum absolute atomic E-state index is 14.4. The zero-order valence-electron chi connectivity index (χ0n) is 23.1. The summed E-state index contributed by atoms with van der Waals surface area (Å²) in [5.74, 6) is 1.000. The van der Waals surface area contributed by atoms with E-state index in [0.717, 1.165) is 56.6 Å². The molecule has 5 N–H and O–H groups in total. The second-order valence-corrected chi connectivity index (χ2v) is 11.0. The van der Waals surface area contributed by atoms with E-state index in [1.165, 1.54) is 19.3 Å². The van der Waals surface area contributed by atoms with E-state index in [1.54, 1.807) is 4.57 Å². The molecule has 210 valence electrons. The Hall–Kier alpha value is -4.49. The number of nitrogens with zero attached hydrogens (tertiary/aromatic N) is 6. The van der Waals surface area contributed by atoms with Crippen molar-refractivity contribution < 1.29 is 0 Å². The third-order valence-corrected chi connectivity index (χ3v) is 8.12. The standard InChI is InChI=1S/C31H35N9O/c32-19-23-27(33)37-31(34)38-28(23)36-26(21-14-15-21)29-35-24-13-7-9-20(10-8-18-39-16-5-2-6-17-39)25(24)30(41)40(29)22-11-3-1-4-12-22/h1,3-4,7,9,11-13,21,26H,2,5-6,8,10,14-18H2,(H5,33,34,36,37,38)/t26-/m0/s1. The third kappa shape index (κ3) is 5.58. The highest BCUT2D eigenvalue weighted by molar-refractivity contribution is 5.82. The van der Waals surface area contributed by atoms with Gasteiger partial charge in [-0.25, -0.2) is 4.98 Å². The molecule has 0 unspecified atom stereocenters. The summed E-state index contributed by atoms with van der Waals surface area (Å²) in [7, 11) is 0. The van der Waals surface area contributed by atoms with Gasteiger partial charge < -0.3 is 21.7 Å². The van der Waals surface area contributed by atoms with Crippen LogP contribution in [0.3, 0.4) is 0 Å². The molecule has 1 aliphatic heterocycles. The lowest BCUT2D eigenvalue weighted by molar-refractivity contribution is 0.226. The van der Waals surface area contributed by atoms with Crippen molar-refractivity contribution in [1.82, 2.24) is 24.4 Å². The van der Waals surface area contributed by atoms with Gasteiger partial charge in [-0.05, 0) is 87.8 Å². The minimum Gasteiger partial charge on any atom is -0.382 e. The van der Waals surface area contributed by atoms with E-state index in [4.69, 9.17) is 16.5 Å². The second-order valence-electron chi connectivity index (χ2n) is 11.0. The average molecular weight is 550 g/mol. The van der Waals surface area contributed by atoms with E-state index in [9.17, 15) is 10.1 Å². The number of likely N-dealkylation sites (tertiary alicyclic amines) is 1. The summed E-state index contributed by atoms with van der Waals surface area (Å²) in [6.45, 7) is 3.36. The van der Waals surface area contributed by atoms with Crippen LogP contribution in [0.4, 0.5) is 17.6 Å². The molecular weight excluding hydrogens is 514 g/mol. The number of piperidine rings is 1. The number of aromatic nitrogens is 4. The maximum atomic E-state index is 14.4. The Balaban J connectivity index is 1.44. The molecule has 2 fully saturated rings. The molecule has 1 aliphatic carbocycles. The predicted octanol–water partition coefficient (Wildman–Crippen LogP) is 4.19. The van der Waals surface area contributed by atoms with Crippen molar-refractivity contribution in [3.8, 4) is 11.8 Å². The van der Waals surface area contributed by atoms with E-state index in [-0.39, 0.29) is 34.6 Å². The van der Waals surface area contributed by atoms with Gasteiger partial charge in [-0.3, -0.25) is 9.36 Å². The number of hydrogen-bond donors (Lipinski definition) is 3. The molecule has 2 aromatic heterocycles. The van der Waals surface area contributed by atoms with Gasteiger partial charge in [0.25, 0.3) is 5.56 Å². The Labute approximate surface area is 239 Å². The van der Waals surface area contributed by atoms with Crippen LogP contribution in [-0.4, -0.2) is 44.1 Å². The molecule has 1 atom stereocenters. The quantitative estimate of drug-likeness (QED) is 0.279. The highest BCUT2D eigenvalue weighted by atomic mass is 16.1. The number of hydrogen-bond acceptors (Lipinski definition) is 9. The highest BCUT2D eigenvalue weighted by Crippen LogP contribution is 2.43. The number of rotatable bonds is 9. The summed E-state index contributed by atoms with van der Waals surface area (Å²) >= 11 is 0. The number of nitrogens with one attached hydrogen (secondary N) is 1. The number of nitrogens with two attached hydrogens (primary N) is 2. The van der Waals surface area contributed by atoms with Gasteiger partial charge in [0.1, 0.15) is 23.3 Å². The largest absolute Gasteiger partial charge is 0.382 e. The molecule has 0 bridgehead atoms. The summed E-state index contributed by atoms with van der Waals surface area (Å²) in [5, 5.41) is 13.8. The highest BCUT2D eigenvalue weighted by Gasteiger charge is 2.37. The van der Waals surface area contributed by atoms with Gasteiger partial charge in [0.2, 0.25) is 5.95 Å². The molecule has 2 aromatic carbocycles. The number of aryl methyl sites for hydroxylation is 1. The van der Waals surface area contributed by atoms with Crippen LogP contribution in [0.1, 0.15) is 61.5 Å². The summed E-state index contributed by atoms with van der Waals surface area (Å²) in [4.78, 5) is 30.3. The third-order valence-electron chi connectivity index (χ3n) is 8.12. The first kappa shape index (κ1) is 26.7. The molecule has 1 saturated heterocycles. The van der Waals surface area contributed by atoms with Crippen LogP contribution < -0.4 is 22.3 Å². The van der Waals surface area contributed by atoms with Crippen molar-refractivity contribution in [3.05, 3.63) is 75.8 Å². The first-order valence-corrected chi connectivity index (χ1v) is 14.5. The summed E-state index contributed by atoms with van der Waals surface area (Å²) in [5.41, 5.74) is 14.3. The molecule has 0 radical (unpaired) electrons. The van der Waals surface area contributed by atoms with Gasteiger partial charge in [-0.2, -0.15) is 15.2 Å². The van der Waals surface area contributed by atoms with Gasteiger partial charge in [0.05, 0.1) is 22.6 Å². The Morgan fingerprint density at radius 1 is 1.00 bits per heavy atom. The molecular formula is C31H35N9O. The zero-order chi connectivity index (χ0) is 28.3. The Morgan fingerprint density at radius 2 is 1.78 bits per heavy atom. The number of anilines is 3. The fourth-order valence-electron chi connectivity index (χ4n) is 5.92. The monoisotopic (exact) mass is 549 g/mol. The number of benzene rings is 2. The van der Waals surface area contributed by atoms with E-state index in [1.807, 2.05) is 42.5 Å². The van der Waals surface area contributed by atoms with E-state index in [0.29, 0.717) is 16.7 Å². The summed E-state index contributed by atoms with van der Waals surface area (Å²) in [6, 6.07) is 17.2. The van der Waals surface area contributed by atoms with Crippen LogP contribution in [0.2, 0.25) is 0 Å². The van der Waals surface area contributed by atoms with Crippen molar-refractivity contribution in [2.75, 3.05) is 36.4 Å². The molecule has 1 saturated carbocycles. The Bertz CT molecular complexity index is 1650. The molecule has 4 aromatic rings. The summed E-state index contributed by atoms with van der Waals surface area (Å²) < 4.78 is 1.71. The smallest absolute Gasteiger partial charge is 0.266 e. The lowest BCUT2D eigenvalue weighted by Crippen LogP contribution is -2.31. The van der Waals surface area contributed by atoms with Crippen LogP contribution in [-0.2, 0) is 6.42 Å². The topological polar surface area (TPSA) is 152 Å². The van der Waals surface area contributed by atoms with Crippen molar-refractivity contribution in [3.63, 3.8) is 0 Å². The summed E-state index contributed by atoms with van der Waals surface area (Å²) in [6.07, 6.45) is 7.56. The first-order chi connectivity index (χ1) is 20.0. The van der Waals surface area contributed by atoms with Gasteiger partial charge >= 0.3 is 0 Å². The first-order valence-electron chi connectivity index (χ1n) is 14.5. The predicted molar refractivity (Wildman–Crippen MR) is 161 cm³/mol. The van der Waals surface area contributed by atoms with Crippen LogP contribution in [0, 0.1) is 17.2 Å². The Morgan fingerprint density at radius 3 is 2.51 bits per heavy atom. The minimum absolute atomic E-state index is 0.0122. The van der Waals surface area contributed by atoms with E-state index >= 15 is 0 Å². The molecule has 41 heavy (non-hydrogen) atoms. The SMILES string of the molecule is N#Cc1c(N)nc(N)nc1N[C@H](c1nc2cccc(CCCN3CCCCC3)c2c(=O)n1-c1ccccc1)C1CC1. The number of nitrogen functional groups attached to an aromatic ring is 2. The molecule has 6 rings (SSSR count). The molecule has 2 aliphatic rings. The number of fused-ring (bicyclic) bond motifs is 1. The van der Waals surface area contributed by atoms with Crippen LogP contribution in [0.15, 0.2) is 53.3 Å². The fraction of sp³-hybridized carbons (Fsp3) is 0.387. The maximum Gasteiger partial charge on any atom is 0.266 e. The number of para-hydroxylation sites is 1. The molecule has 0 amide bonds. The molecule has 0 spiro atoms. The normalized spacial score (nSPS) is 16.4. The van der Waals surface area contributed by atoms with Crippen molar-refractivity contribution in [2.24, 2.45) is 5.92 Å². The Kier molecular flexibility index (Phi) is 7.53. The second kappa shape index (κ2) is 11.6. The molecule has 10 heteroatoms. The van der Waals surface area contributed by atoms with E-state index < -0.39 is 6.04 Å². The number of nitriles is 1. The van der Waals surface area contributed by atoms with Gasteiger partial charge in [-0.15, -0.1) is 0 Å². The van der Waals surface area contributed by atoms with Crippen LogP contribution in [0.25, 0.3) is 16.6 Å². The van der Waals surface area contributed by atoms with Crippen molar-refractivity contribution in [2.45, 2.75) is 51.0 Å². The minimum atomic E-state index is -0.393. The van der Waals surface area contributed by atoms with Crippen LogP contribution in [0.5, 0.6) is 0 Å². The molecule has 3 heterocycles. The lowest BCUT2D eigenvalue weighted by atomic mass is 10.0. The van der Waals surface area contributed by atoms with Gasteiger partial charge in [0, 0.05) is 0 Å². The molecule has 10 nitrogen and oxygen atoms in total. The van der Waals surface area contributed by atoms with Crippen molar-refractivity contribution in [1.29, 1.82) is 5.26 Å². The van der Waals surface area contributed by atoms with Crippen molar-refractivity contribution >= 4 is 28.5 Å². The van der Waals surface area contributed by atoms with Crippen LogP contribution >= 0.6 is 0 Å². The fourth-order valence-corrected chi connectivity index (χ4v) is 5.92. The zero-order valence-corrected chi connectivity index (χ0v) is 23.1. The van der Waals surface area contributed by atoms with Gasteiger partial charge in [0.15, 0.2) is 5.82 Å². The van der Waals surface area contributed by atoms with Gasteiger partial charge in [-0.1, -0.05) is 36.8 Å². The average Bonchev–Trinajstić information content (AvgIpc) is 3.82.